The van der Waals surface area contributed by atoms with Crippen LogP contribution in [0.4, 0.5) is 17.5 Å². The fourth-order valence-electron chi connectivity index (χ4n) is 4.64. The van der Waals surface area contributed by atoms with Gasteiger partial charge in [0.15, 0.2) is 0 Å². The van der Waals surface area contributed by atoms with Crippen LogP contribution in [0.5, 0.6) is 0 Å². The van der Waals surface area contributed by atoms with Gasteiger partial charge in [-0.2, -0.15) is 22.8 Å². The van der Waals surface area contributed by atoms with Crippen molar-refractivity contribution in [3.63, 3.8) is 0 Å². The quantitative estimate of drug-likeness (QED) is 0.263. The molecule has 1 aliphatic heterocycles. The Labute approximate surface area is 243 Å². The predicted octanol–water partition coefficient (Wildman–Crippen LogP) is 3.02. The van der Waals surface area contributed by atoms with Crippen molar-refractivity contribution in [2.24, 2.45) is 0 Å². The monoisotopic (exact) mass is 583 g/mol. The first-order chi connectivity index (χ1) is 19.7. The number of hydrogen-bond donors (Lipinski definition) is 4. The van der Waals surface area contributed by atoms with Gasteiger partial charge in [0.05, 0.1) is 25.9 Å². The zero-order valence-corrected chi connectivity index (χ0v) is 24.8. The number of benzene rings is 1. The van der Waals surface area contributed by atoms with E-state index < -0.39 is 15.8 Å². The van der Waals surface area contributed by atoms with Gasteiger partial charge < -0.3 is 20.1 Å². The van der Waals surface area contributed by atoms with Crippen molar-refractivity contribution < 1.29 is 17.9 Å². The highest BCUT2D eigenvalue weighted by Crippen LogP contribution is 2.28. The zero-order chi connectivity index (χ0) is 28.9. The molecule has 2 aliphatic carbocycles. The molecule has 1 aromatic carbocycles. The first kappa shape index (κ1) is 29.6. The summed E-state index contributed by atoms with van der Waals surface area (Å²) in [5.74, 6) is 1.21. The number of morpholine rings is 1. The van der Waals surface area contributed by atoms with Crippen molar-refractivity contribution in [3.05, 3.63) is 65.4 Å². The minimum absolute atomic E-state index is 0.0565. The fourth-order valence-corrected chi connectivity index (χ4v) is 5.76. The smallest absolute Gasteiger partial charge is 0.277 e. The molecule has 12 heteroatoms. The van der Waals surface area contributed by atoms with Crippen molar-refractivity contribution in [3.8, 4) is 0 Å². The Balaban J connectivity index is 1.13. The molecule has 11 nitrogen and oxygen atoms in total. The van der Waals surface area contributed by atoms with Gasteiger partial charge in [0.1, 0.15) is 11.4 Å². The largest absolute Gasteiger partial charge is 0.379 e. The van der Waals surface area contributed by atoms with Crippen LogP contribution < -0.4 is 20.1 Å². The number of anilines is 3. The summed E-state index contributed by atoms with van der Waals surface area (Å²) in [7, 11) is -3.48. The van der Waals surface area contributed by atoms with E-state index >= 15 is 0 Å². The maximum atomic E-state index is 12.0. The lowest BCUT2D eigenvalue weighted by molar-refractivity contribution is -0.00844. The van der Waals surface area contributed by atoms with Crippen LogP contribution in [-0.4, -0.2) is 80.4 Å². The van der Waals surface area contributed by atoms with E-state index in [2.05, 4.69) is 62.0 Å². The second-order valence-electron chi connectivity index (χ2n) is 11.1. The Kier molecular flexibility index (Phi) is 9.37. The van der Waals surface area contributed by atoms with Crippen molar-refractivity contribution in [2.45, 2.75) is 57.8 Å². The highest BCUT2D eigenvalue weighted by atomic mass is 32.2. The van der Waals surface area contributed by atoms with E-state index in [1.807, 2.05) is 31.2 Å². The van der Waals surface area contributed by atoms with Crippen LogP contribution in [0.2, 0.25) is 0 Å². The molecule has 0 bridgehead atoms. The Bertz CT molecular complexity index is 1360. The number of aryl methyl sites for hydroxylation is 1. The number of nitrogens with one attached hydrogen (secondary N) is 4. The van der Waals surface area contributed by atoms with Crippen LogP contribution in [0.1, 0.15) is 37.8 Å². The Hall–Kier alpha value is -2.87. The Morgan fingerprint density at radius 3 is 2.61 bits per heavy atom. The summed E-state index contributed by atoms with van der Waals surface area (Å²) in [4.78, 5) is 11.6. The third-order valence-electron chi connectivity index (χ3n) is 7.60. The number of nitrogens with zero attached hydrogens (tertiary/aromatic N) is 3. The van der Waals surface area contributed by atoms with E-state index in [9.17, 15) is 8.42 Å². The zero-order valence-electron chi connectivity index (χ0n) is 24.0. The Morgan fingerprint density at radius 1 is 1.15 bits per heavy atom. The molecular weight excluding hydrogens is 542 g/mol. The molecule has 3 aliphatic rings. The average Bonchev–Trinajstić information content (AvgIpc) is 3.76. The molecule has 2 aromatic rings. The van der Waals surface area contributed by atoms with Crippen LogP contribution in [0.15, 0.2) is 54.3 Å². The highest BCUT2D eigenvalue weighted by molar-refractivity contribution is 7.87. The second kappa shape index (κ2) is 13.0. The van der Waals surface area contributed by atoms with Crippen LogP contribution in [-0.2, 0) is 26.2 Å². The molecule has 2 atom stereocenters. The highest BCUT2D eigenvalue weighted by Gasteiger charge is 2.29. The van der Waals surface area contributed by atoms with Gasteiger partial charge in [0, 0.05) is 49.7 Å². The molecule has 1 saturated carbocycles. The van der Waals surface area contributed by atoms with E-state index in [1.54, 1.807) is 6.20 Å². The molecule has 2 unspecified atom stereocenters. The maximum absolute atomic E-state index is 12.0. The first-order valence-corrected chi connectivity index (χ1v) is 15.7. The van der Waals surface area contributed by atoms with Crippen molar-refractivity contribution >= 4 is 27.7 Å². The predicted molar refractivity (Wildman–Crippen MR) is 160 cm³/mol. The third kappa shape index (κ3) is 8.57. The number of rotatable bonds is 13. The van der Waals surface area contributed by atoms with E-state index in [0.29, 0.717) is 18.4 Å². The fraction of sp³-hybridized carbons (Fsp3) is 0.517. The van der Waals surface area contributed by atoms with E-state index in [1.165, 1.54) is 0 Å². The summed E-state index contributed by atoms with van der Waals surface area (Å²) in [5.41, 5.74) is 3.31. The van der Waals surface area contributed by atoms with Crippen molar-refractivity contribution in [2.75, 3.05) is 50.1 Å². The molecule has 1 aromatic heterocycles. The van der Waals surface area contributed by atoms with Crippen LogP contribution in [0, 0.1) is 6.92 Å². The van der Waals surface area contributed by atoms with Gasteiger partial charge in [-0.15, -0.1) is 0 Å². The molecule has 1 saturated heterocycles. The van der Waals surface area contributed by atoms with E-state index in [4.69, 9.17) is 14.5 Å². The summed E-state index contributed by atoms with van der Waals surface area (Å²) < 4.78 is 41.0. The summed E-state index contributed by atoms with van der Waals surface area (Å²) in [6, 6.07) is 7.61. The normalized spacial score (nSPS) is 23.3. The van der Waals surface area contributed by atoms with Crippen LogP contribution in [0.25, 0.3) is 0 Å². The number of ether oxygens (including phenoxy) is 2. The van der Waals surface area contributed by atoms with Gasteiger partial charge in [-0.05, 0) is 56.9 Å². The van der Waals surface area contributed by atoms with Crippen molar-refractivity contribution in [1.29, 1.82) is 0 Å². The lowest BCUT2D eigenvalue weighted by Crippen LogP contribution is -2.40. The van der Waals surface area contributed by atoms with Gasteiger partial charge in [-0.25, -0.2) is 4.98 Å². The summed E-state index contributed by atoms with van der Waals surface area (Å²) >= 11 is 0. The van der Waals surface area contributed by atoms with Gasteiger partial charge in [0.25, 0.3) is 10.2 Å². The van der Waals surface area contributed by atoms with Gasteiger partial charge in [-0.1, -0.05) is 30.4 Å². The summed E-state index contributed by atoms with van der Waals surface area (Å²) in [6.07, 6.45) is 9.94. The van der Waals surface area contributed by atoms with Crippen molar-refractivity contribution in [1.82, 2.24) is 24.3 Å². The third-order valence-corrected chi connectivity index (χ3v) is 8.76. The number of hydrogen-bond acceptors (Lipinski definition) is 9. The topological polar surface area (TPSA) is 130 Å². The molecule has 0 radical (unpaired) electrons. The van der Waals surface area contributed by atoms with Gasteiger partial charge in [-0.3, -0.25) is 4.90 Å². The summed E-state index contributed by atoms with van der Waals surface area (Å²) in [6.45, 7) is 11.4. The lowest BCUT2D eigenvalue weighted by Gasteiger charge is -2.34. The minimum Gasteiger partial charge on any atom is -0.379 e. The first-order valence-electron chi connectivity index (χ1n) is 14.2. The molecule has 2 fully saturated rings. The van der Waals surface area contributed by atoms with E-state index in [-0.39, 0.29) is 18.6 Å². The summed E-state index contributed by atoms with van der Waals surface area (Å²) in [5, 5.41) is 6.74. The lowest BCUT2D eigenvalue weighted by atomic mass is 9.89. The molecule has 4 N–H and O–H groups in total. The molecule has 41 heavy (non-hydrogen) atoms. The van der Waals surface area contributed by atoms with Crippen LogP contribution >= 0.6 is 0 Å². The average molecular weight is 584 g/mol. The molecule has 222 valence electrons. The molecule has 0 spiro atoms. The molecule has 0 amide bonds. The molecular formula is C29H41N7O4S. The van der Waals surface area contributed by atoms with Gasteiger partial charge in [0.2, 0.25) is 5.95 Å². The maximum Gasteiger partial charge on any atom is 0.277 e. The molecule has 2 heterocycles. The van der Waals surface area contributed by atoms with Crippen LogP contribution in [0.3, 0.4) is 0 Å². The SMILES string of the molecule is CC1=CC(Nc2ncc(C)c(Nc3ccc(CNS(=O)(=O)NC4CC4)cc3)n2)C=CC1(C)OCCN1CCOCC1. The molecule has 5 rings (SSSR count). The standard InChI is InChI=1S/C29H41N7O4S/c1-21-19-30-28(33-26-10-11-29(3,22(2)18-26)40-17-14-36-12-15-39-16-13-36)34-27(21)32-24-6-4-23(5-7-24)20-31-41(37,38)35-25-8-9-25/h4-7,10-11,18-19,25-26,31,35H,8-9,12-17,20H2,1-3H3,(H2,30,32,33,34). The Morgan fingerprint density at radius 2 is 1.90 bits per heavy atom. The van der Waals surface area contributed by atoms with Gasteiger partial charge >= 0.3 is 0 Å². The minimum atomic E-state index is -3.48. The van der Waals surface area contributed by atoms with E-state index in [0.717, 1.165) is 68.1 Å². The second-order valence-corrected chi connectivity index (χ2v) is 12.6. The number of aromatic nitrogens is 2.